The molecule has 0 aliphatic heterocycles. The van der Waals surface area contributed by atoms with Crippen LogP contribution in [0.25, 0.3) is 0 Å². The van der Waals surface area contributed by atoms with Crippen molar-refractivity contribution in [2.24, 2.45) is 5.92 Å². The molecular weight excluding hydrogens is 126 g/mol. The van der Waals surface area contributed by atoms with Crippen molar-refractivity contribution in [3.8, 4) is 6.07 Å². The van der Waals surface area contributed by atoms with Gasteiger partial charge in [-0.2, -0.15) is 5.26 Å². The molecule has 0 aromatic carbocycles. The zero-order chi connectivity index (χ0) is 7.61. The summed E-state index contributed by atoms with van der Waals surface area (Å²) in [5.41, 5.74) is -1.00. The van der Waals surface area contributed by atoms with Crippen LogP contribution >= 0.6 is 0 Å². The van der Waals surface area contributed by atoms with Crippen molar-refractivity contribution in [2.75, 3.05) is 0 Å². The fraction of sp³-hybridized carbons (Fsp3) is 0.875. The number of hydrogen-bond donors (Lipinski definition) is 1. The predicted octanol–water partition coefficient (Wildman–Crippen LogP) is 1.45. The van der Waals surface area contributed by atoms with Gasteiger partial charge in [-0.15, -0.1) is 0 Å². The third-order valence-electron chi connectivity index (χ3n) is 2.18. The lowest BCUT2D eigenvalue weighted by molar-refractivity contribution is 0.0390. The molecule has 1 rings (SSSR count). The standard InChI is InChI=1S/C8H13NO/c1-7-3-2-4-8(10,5-7)6-9/h7,10H,2-5H2,1H3/t7-,8?/m1/s1. The van der Waals surface area contributed by atoms with E-state index in [1.807, 2.05) is 6.07 Å². The molecule has 1 unspecified atom stereocenters. The lowest BCUT2D eigenvalue weighted by Gasteiger charge is -2.29. The van der Waals surface area contributed by atoms with Crippen LogP contribution in [0.1, 0.15) is 32.6 Å². The highest BCUT2D eigenvalue weighted by atomic mass is 16.3. The Hall–Kier alpha value is -0.550. The van der Waals surface area contributed by atoms with Crippen molar-refractivity contribution in [3.63, 3.8) is 0 Å². The van der Waals surface area contributed by atoms with Crippen LogP contribution in [-0.4, -0.2) is 10.7 Å². The maximum absolute atomic E-state index is 9.49. The highest BCUT2D eigenvalue weighted by Crippen LogP contribution is 2.31. The minimum atomic E-state index is -1.00. The Labute approximate surface area is 61.5 Å². The number of rotatable bonds is 0. The van der Waals surface area contributed by atoms with Crippen LogP contribution in [0.2, 0.25) is 0 Å². The van der Waals surface area contributed by atoms with Gasteiger partial charge in [0.05, 0.1) is 6.07 Å². The molecular formula is C8H13NO. The molecule has 1 N–H and O–H groups in total. The van der Waals surface area contributed by atoms with Crippen LogP contribution in [0, 0.1) is 17.2 Å². The summed E-state index contributed by atoms with van der Waals surface area (Å²) in [6, 6.07) is 1.97. The van der Waals surface area contributed by atoms with Crippen LogP contribution in [0.4, 0.5) is 0 Å². The van der Waals surface area contributed by atoms with E-state index in [-0.39, 0.29) is 0 Å². The van der Waals surface area contributed by atoms with Gasteiger partial charge in [0.25, 0.3) is 0 Å². The second kappa shape index (κ2) is 2.59. The summed E-state index contributed by atoms with van der Waals surface area (Å²) in [6.07, 6.45) is 3.46. The fourth-order valence-corrected chi connectivity index (χ4v) is 1.63. The van der Waals surface area contributed by atoms with Crippen LogP contribution in [0.15, 0.2) is 0 Å². The summed E-state index contributed by atoms with van der Waals surface area (Å²) < 4.78 is 0. The molecule has 10 heavy (non-hydrogen) atoms. The minimum Gasteiger partial charge on any atom is -0.375 e. The minimum absolute atomic E-state index is 0.512. The normalized spacial score (nSPS) is 40.7. The molecule has 0 radical (unpaired) electrons. The van der Waals surface area contributed by atoms with Gasteiger partial charge in [-0.3, -0.25) is 0 Å². The van der Waals surface area contributed by atoms with Crippen molar-refractivity contribution in [3.05, 3.63) is 0 Å². The van der Waals surface area contributed by atoms with Gasteiger partial charge in [0.2, 0.25) is 0 Å². The molecule has 0 aromatic rings. The van der Waals surface area contributed by atoms with Gasteiger partial charge < -0.3 is 5.11 Å². The van der Waals surface area contributed by atoms with Crippen LogP contribution in [-0.2, 0) is 0 Å². The molecule has 0 heterocycles. The number of aliphatic hydroxyl groups is 1. The van der Waals surface area contributed by atoms with E-state index in [2.05, 4.69) is 6.92 Å². The summed E-state index contributed by atoms with van der Waals surface area (Å²) in [5, 5.41) is 18.1. The Morgan fingerprint density at radius 2 is 2.40 bits per heavy atom. The van der Waals surface area contributed by atoms with Gasteiger partial charge in [-0.05, 0) is 25.2 Å². The summed E-state index contributed by atoms with van der Waals surface area (Å²) in [7, 11) is 0. The molecule has 0 spiro atoms. The van der Waals surface area contributed by atoms with Crippen molar-refractivity contribution in [1.82, 2.24) is 0 Å². The Balaban J connectivity index is 2.56. The zero-order valence-corrected chi connectivity index (χ0v) is 6.30. The second-order valence-electron chi connectivity index (χ2n) is 3.34. The highest BCUT2D eigenvalue weighted by molar-refractivity contribution is 5.02. The Kier molecular flexibility index (Phi) is 1.96. The number of nitrogens with zero attached hydrogens (tertiary/aromatic N) is 1. The van der Waals surface area contributed by atoms with E-state index in [1.54, 1.807) is 0 Å². The third-order valence-corrected chi connectivity index (χ3v) is 2.18. The van der Waals surface area contributed by atoms with E-state index in [4.69, 9.17) is 5.26 Å². The second-order valence-corrected chi connectivity index (χ2v) is 3.34. The smallest absolute Gasteiger partial charge is 0.151 e. The monoisotopic (exact) mass is 139 g/mol. The predicted molar refractivity (Wildman–Crippen MR) is 38.2 cm³/mol. The Morgan fingerprint density at radius 1 is 1.70 bits per heavy atom. The van der Waals surface area contributed by atoms with Gasteiger partial charge in [-0.25, -0.2) is 0 Å². The number of hydrogen-bond acceptors (Lipinski definition) is 2. The highest BCUT2D eigenvalue weighted by Gasteiger charge is 2.31. The average molecular weight is 139 g/mol. The largest absolute Gasteiger partial charge is 0.375 e. The maximum Gasteiger partial charge on any atom is 0.151 e. The van der Waals surface area contributed by atoms with Crippen molar-refractivity contribution in [1.29, 1.82) is 5.26 Å². The molecule has 2 nitrogen and oxygen atoms in total. The molecule has 0 amide bonds. The summed E-state index contributed by atoms with van der Waals surface area (Å²) in [6.45, 7) is 2.08. The summed E-state index contributed by atoms with van der Waals surface area (Å²) >= 11 is 0. The topological polar surface area (TPSA) is 44.0 Å². The van der Waals surface area contributed by atoms with Gasteiger partial charge in [0.15, 0.2) is 5.60 Å². The van der Waals surface area contributed by atoms with E-state index < -0.39 is 5.60 Å². The molecule has 2 heteroatoms. The van der Waals surface area contributed by atoms with E-state index >= 15 is 0 Å². The molecule has 0 saturated heterocycles. The lowest BCUT2D eigenvalue weighted by atomic mass is 9.80. The maximum atomic E-state index is 9.49. The molecule has 0 aromatic heterocycles. The number of nitriles is 1. The molecule has 0 bridgehead atoms. The SMILES string of the molecule is C[C@@H]1CCCC(O)(C#N)C1. The van der Waals surface area contributed by atoms with Crippen molar-refractivity contribution < 1.29 is 5.11 Å². The van der Waals surface area contributed by atoms with Gasteiger partial charge >= 0.3 is 0 Å². The quantitative estimate of drug-likeness (QED) is 0.516. The molecule has 1 fully saturated rings. The molecule has 1 aliphatic rings. The summed E-state index contributed by atoms with van der Waals surface area (Å²) in [4.78, 5) is 0. The van der Waals surface area contributed by atoms with Gasteiger partial charge in [0, 0.05) is 0 Å². The fourth-order valence-electron chi connectivity index (χ4n) is 1.63. The van der Waals surface area contributed by atoms with Crippen LogP contribution in [0.3, 0.4) is 0 Å². The Morgan fingerprint density at radius 3 is 2.80 bits per heavy atom. The van der Waals surface area contributed by atoms with E-state index in [1.165, 1.54) is 0 Å². The van der Waals surface area contributed by atoms with Crippen LogP contribution in [0.5, 0.6) is 0 Å². The first-order valence-corrected chi connectivity index (χ1v) is 3.80. The first-order valence-electron chi connectivity index (χ1n) is 3.80. The van der Waals surface area contributed by atoms with Crippen molar-refractivity contribution in [2.45, 2.75) is 38.2 Å². The van der Waals surface area contributed by atoms with E-state index in [9.17, 15) is 5.11 Å². The average Bonchev–Trinajstić information content (AvgIpc) is 1.88. The first kappa shape index (κ1) is 7.56. The van der Waals surface area contributed by atoms with Crippen LogP contribution < -0.4 is 0 Å². The Bertz CT molecular complexity index is 161. The molecule has 1 aliphatic carbocycles. The van der Waals surface area contributed by atoms with Gasteiger partial charge in [-0.1, -0.05) is 13.3 Å². The first-order chi connectivity index (χ1) is 4.66. The van der Waals surface area contributed by atoms with E-state index in [0.29, 0.717) is 18.8 Å². The van der Waals surface area contributed by atoms with E-state index in [0.717, 1.165) is 12.8 Å². The van der Waals surface area contributed by atoms with Gasteiger partial charge in [0.1, 0.15) is 0 Å². The lowest BCUT2D eigenvalue weighted by Crippen LogP contribution is -2.32. The third kappa shape index (κ3) is 1.48. The zero-order valence-electron chi connectivity index (χ0n) is 6.30. The molecule has 2 atom stereocenters. The summed E-state index contributed by atoms with van der Waals surface area (Å²) in [5.74, 6) is 0.512. The van der Waals surface area contributed by atoms with Crippen molar-refractivity contribution >= 4 is 0 Å². The molecule has 1 saturated carbocycles. The molecule has 56 valence electrons.